The van der Waals surface area contributed by atoms with Crippen LogP contribution in [0.5, 0.6) is 6.01 Å². The Hall–Kier alpha value is -0.790. The zero-order chi connectivity index (χ0) is 24.7. The maximum absolute atomic E-state index is 5.76. The van der Waals surface area contributed by atoms with E-state index in [2.05, 4.69) is 53.0 Å². The number of allylic oxidation sites excluding steroid dienone is 2. The summed E-state index contributed by atoms with van der Waals surface area (Å²) in [5, 5.41) is 1.52. The lowest BCUT2D eigenvalue weighted by molar-refractivity contribution is 0.258. The Morgan fingerprint density at radius 3 is 1.94 bits per heavy atom. The summed E-state index contributed by atoms with van der Waals surface area (Å²) in [4.78, 5) is 15.6. The molecule has 0 N–H and O–H groups in total. The van der Waals surface area contributed by atoms with Crippen molar-refractivity contribution in [1.82, 2.24) is 19.9 Å². The van der Waals surface area contributed by atoms with Crippen LogP contribution in [0.15, 0.2) is 22.5 Å². The quantitative estimate of drug-likeness (QED) is 0.0838. The molecule has 0 aromatic carbocycles. The predicted octanol–water partition coefficient (Wildman–Crippen LogP) is 8.05. The molecule has 0 fully saturated rings. The van der Waals surface area contributed by atoms with Crippen LogP contribution in [0.1, 0.15) is 103 Å². The van der Waals surface area contributed by atoms with E-state index in [9.17, 15) is 0 Å². The number of ether oxygens (including phenoxy) is 1. The van der Waals surface area contributed by atoms with E-state index in [0.717, 1.165) is 29.0 Å². The first-order chi connectivity index (χ1) is 16.7. The summed E-state index contributed by atoms with van der Waals surface area (Å²) in [6.45, 7) is 3.91. The van der Waals surface area contributed by atoms with E-state index < -0.39 is 0 Å². The SMILES string of the molecule is CCCCCCCC/C=C\CCCCCCCCSc1nc(OCCCN(C)C)nc(SC)n1. The number of hydrogen-bond donors (Lipinski definition) is 0. The molecule has 0 radical (unpaired) electrons. The van der Waals surface area contributed by atoms with Crippen LogP contribution in [0.3, 0.4) is 0 Å². The third kappa shape index (κ3) is 18.5. The molecule has 0 unspecified atom stereocenters. The lowest BCUT2D eigenvalue weighted by Gasteiger charge is -2.10. The Bertz CT molecular complexity index is 629. The van der Waals surface area contributed by atoms with Gasteiger partial charge in [0.25, 0.3) is 0 Å². The fourth-order valence-corrected chi connectivity index (χ4v) is 4.83. The fourth-order valence-electron chi connectivity index (χ4n) is 3.60. The van der Waals surface area contributed by atoms with Crippen molar-refractivity contribution in [2.24, 2.45) is 0 Å². The molecule has 5 nitrogen and oxygen atoms in total. The Morgan fingerprint density at radius 2 is 1.32 bits per heavy atom. The molecule has 7 heteroatoms. The summed E-state index contributed by atoms with van der Waals surface area (Å²) in [5.41, 5.74) is 0. The van der Waals surface area contributed by atoms with E-state index in [1.165, 1.54) is 102 Å². The highest BCUT2D eigenvalue weighted by atomic mass is 32.2. The van der Waals surface area contributed by atoms with Crippen LogP contribution in [0.25, 0.3) is 0 Å². The minimum atomic E-state index is 0.460. The van der Waals surface area contributed by atoms with Crippen molar-refractivity contribution in [2.45, 2.75) is 114 Å². The monoisotopic (exact) mass is 510 g/mol. The van der Waals surface area contributed by atoms with Gasteiger partial charge >= 0.3 is 6.01 Å². The molecule has 0 aliphatic rings. The molecule has 196 valence electrons. The predicted molar refractivity (Wildman–Crippen MR) is 150 cm³/mol. The maximum Gasteiger partial charge on any atom is 0.321 e. The van der Waals surface area contributed by atoms with Gasteiger partial charge in [-0.05, 0) is 58.9 Å². The van der Waals surface area contributed by atoms with Crippen molar-refractivity contribution in [2.75, 3.05) is 39.3 Å². The van der Waals surface area contributed by atoms with Crippen LogP contribution in [0.2, 0.25) is 0 Å². The lowest BCUT2D eigenvalue weighted by atomic mass is 10.1. The van der Waals surface area contributed by atoms with Crippen LogP contribution in [0, 0.1) is 0 Å². The van der Waals surface area contributed by atoms with Gasteiger partial charge in [-0.25, -0.2) is 0 Å². The third-order valence-electron chi connectivity index (χ3n) is 5.62. The van der Waals surface area contributed by atoms with Crippen LogP contribution in [-0.4, -0.2) is 59.1 Å². The molecule has 1 aromatic rings. The number of thioether (sulfide) groups is 2. The standard InChI is InChI=1S/C27H50N4OS2/c1-5-6-7-8-9-10-11-12-13-14-15-16-17-18-19-20-24-34-27-29-25(28-26(30-27)33-4)32-23-21-22-31(2)3/h12-13H,5-11,14-24H2,1-4H3/b13-12-. The molecule has 0 atom stereocenters. The molecule has 0 saturated carbocycles. The first kappa shape index (κ1) is 31.2. The smallest absolute Gasteiger partial charge is 0.321 e. The molecule has 0 bridgehead atoms. The number of rotatable bonds is 23. The molecule has 0 amide bonds. The first-order valence-electron chi connectivity index (χ1n) is 13.5. The van der Waals surface area contributed by atoms with Gasteiger partial charge in [-0.15, -0.1) is 0 Å². The van der Waals surface area contributed by atoms with E-state index in [1.54, 1.807) is 11.8 Å². The Labute approximate surface area is 218 Å². The fraction of sp³-hybridized carbons (Fsp3) is 0.815. The summed E-state index contributed by atoms with van der Waals surface area (Å²) in [5.74, 6) is 1.05. The highest BCUT2D eigenvalue weighted by Crippen LogP contribution is 2.21. The summed E-state index contributed by atoms with van der Waals surface area (Å²) >= 11 is 3.26. The Balaban J connectivity index is 2.03. The van der Waals surface area contributed by atoms with Crippen molar-refractivity contribution in [3.63, 3.8) is 0 Å². The summed E-state index contributed by atoms with van der Waals surface area (Å²) in [7, 11) is 4.14. The average molecular weight is 511 g/mol. The molecule has 0 aliphatic heterocycles. The van der Waals surface area contributed by atoms with Gasteiger partial charge in [-0.1, -0.05) is 100 Å². The van der Waals surface area contributed by atoms with Gasteiger partial charge in [0, 0.05) is 12.3 Å². The van der Waals surface area contributed by atoms with Gasteiger partial charge in [-0.3, -0.25) is 0 Å². The second-order valence-corrected chi connectivity index (χ2v) is 11.0. The topological polar surface area (TPSA) is 51.1 Å². The molecule has 1 rings (SSSR count). The van der Waals surface area contributed by atoms with Gasteiger partial charge in [0.15, 0.2) is 10.3 Å². The second-order valence-electron chi connectivity index (χ2n) is 9.18. The molecule has 0 saturated heterocycles. The van der Waals surface area contributed by atoms with E-state index in [1.807, 2.05) is 6.26 Å². The molecule has 0 spiro atoms. The van der Waals surface area contributed by atoms with Crippen molar-refractivity contribution >= 4 is 23.5 Å². The van der Waals surface area contributed by atoms with Crippen molar-refractivity contribution < 1.29 is 4.74 Å². The zero-order valence-corrected chi connectivity index (χ0v) is 24.0. The van der Waals surface area contributed by atoms with Gasteiger partial charge in [-0.2, -0.15) is 15.0 Å². The Kier molecular flexibility index (Phi) is 20.8. The van der Waals surface area contributed by atoms with Crippen molar-refractivity contribution in [3.8, 4) is 6.01 Å². The van der Waals surface area contributed by atoms with Crippen LogP contribution in [-0.2, 0) is 0 Å². The summed E-state index contributed by atoms with van der Waals surface area (Å²) < 4.78 is 5.76. The highest BCUT2D eigenvalue weighted by Gasteiger charge is 2.08. The largest absolute Gasteiger partial charge is 0.463 e. The first-order valence-corrected chi connectivity index (χ1v) is 15.7. The highest BCUT2D eigenvalue weighted by molar-refractivity contribution is 7.99. The minimum absolute atomic E-state index is 0.460. The lowest BCUT2D eigenvalue weighted by Crippen LogP contribution is -2.16. The van der Waals surface area contributed by atoms with Crippen LogP contribution >= 0.6 is 23.5 Å². The average Bonchev–Trinajstić information content (AvgIpc) is 2.83. The Morgan fingerprint density at radius 1 is 0.735 bits per heavy atom. The molecule has 0 aliphatic carbocycles. The van der Waals surface area contributed by atoms with Crippen molar-refractivity contribution in [1.29, 1.82) is 0 Å². The number of nitrogens with zero attached hydrogens (tertiary/aromatic N) is 4. The minimum Gasteiger partial charge on any atom is -0.463 e. The zero-order valence-electron chi connectivity index (χ0n) is 22.4. The maximum atomic E-state index is 5.76. The van der Waals surface area contributed by atoms with Gasteiger partial charge in [0.2, 0.25) is 0 Å². The summed E-state index contributed by atoms with van der Waals surface area (Å²) in [6, 6.07) is 0.460. The van der Waals surface area contributed by atoms with Gasteiger partial charge < -0.3 is 9.64 Å². The molecule has 1 aromatic heterocycles. The number of unbranched alkanes of at least 4 members (excludes halogenated alkanes) is 12. The molecule has 1 heterocycles. The third-order valence-corrected chi connectivity index (χ3v) is 7.11. The van der Waals surface area contributed by atoms with E-state index in [0.29, 0.717) is 12.6 Å². The number of hydrogen-bond acceptors (Lipinski definition) is 7. The second kappa shape index (κ2) is 22.7. The van der Waals surface area contributed by atoms with Crippen LogP contribution in [0.4, 0.5) is 0 Å². The number of aromatic nitrogens is 3. The molecule has 34 heavy (non-hydrogen) atoms. The summed E-state index contributed by atoms with van der Waals surface area (Å²) in [6.07, 6.45) is 26.5. The van der Waals surface area contributed by atoms with E-state index in [-0.39, 0.29) is 0 Å². The van der Waals surface area contributed by atoms with E-state index in [4.69, 9.17) is 4.74 Å². The van der Waals surface area contributed by atoms with E-state index >= 15 is 0 Å². The normalized spacial score (nSPS) is 11.7. The van der Waals surface area contributed by atoms with Gasteiger partial charge in [0.05, 0.1) is 6.61 Å². The van der Waals surface area contributed by atoms with Gasteiger partial charge in [0.1, 0.15) is 0 Å². The molecular weight excluding hydrogens is 460 g/mol. The molecular formula is C27H50N4OS2. The van der Waals surface area contributed by atoms with Crippen LogP contribution < -0.4 is 4.74 Å². The van der Waals surface area contributed by atoms with Crippen molar-refractivity contribution in [3.05, 3.63) is 12.2 Å².